The van der Waals surface area contributed by atoms with Crippen LogP contribution in [0.1, 0.15) is 41.8 Å². The summed E-state index contributed by atoms with van der Waals surface area (Å²) in [4.78, 5) is 15.5. The number of nitrogens with two attached hydrogens (primary N) is 1. The molecule has 1 aliphatic heterocycles. The van der Waals surface area contributed by atoms with E-state index in [1.54, 1.807) is 0 Å². The number of rotatable bonds is 2. The summed E-state index contributed by atoms with van der Waals surface area (Å²) in [6.07, 6.45) is 1.27. The number of aryl methyl sites for hydroxylation is 1. The molecular formula is C14H16N4O2. The van der Waals surface area contributed by atoms with Gasteiger partial charge < -0.3 is 10.8 Å². The summed E-state index contributed by atoms with van der Waals surface area (Å²) < 4.78 is 1.46. The molecule has 2 unspecified atom stereocenters. The quantitative estimate of drug-likeness (QED) is 0.868. The fraction of sp³-hybridized carbons (Fsp3) is 0.357. The highest BCUT2D eigenvalue weighted by Crippen LogP contribution is 2.37. The van der Waals surface area contributed by atoms with E-state index < -0.39 is 12.0 Å². The molecule has 104 valence electrons. The predicted octanol–water partition coefficient (Wildman–Crippen LogP) is 1.72. The Hall–Kier alpha value is -2.37. The van der Waals surface area contributed by atoms with Crippen molar-refractivity contribution >= 4 is 11.9 Å². The van der Waals surface area contributed by atoms with Gasteiger partial charge >= 0.3 is 5.97 Å². The molecular weight excluding hydrogens is 256 g/mol. The molecule has 0 amide bonds. The zero-order valence-electron chi connectivity index (χ0n) is 11.2. The minimum atomic E-state index is -0.890. The van der Waals surface area contributed by atoms with E-state index in [9.17, 15) is 9.90 Å². The lowest BCUT2D eigenvalue weighted by Gasteiger charge is -2.26. The summed E-state index contributed by atoms with van der Waals surface area (Å²) in [5, 5.41) is 13.3. The van der Waals surface area contributed by atoms with Crippen LogP contribution in [0.2, 0.25) is 0 Å². The maximum Gasteiger partial charge on any atom is 0.328 e. The van der Waals surface area contributed by atoms with Crippen molar-refractivity contribution in [2.24, 2.45) is 0 Å². The minimum Gasteiger partial charge on any atom is -0.480 e. The Labute approximate surface area is 116 Å². The van der Waals surface area contributed by atoms with E-state index in [0.717, 1.165) is 12.0 Å². The molecule has 1 aromatic heterocycles. The Balaban J connectivity index is 2.04. The highest BCUT2D eigenvalue weighted by Gasteiger charge is 2.34. The van der Waals surface area contributed by atoms with Crippen molar-refractivity contribution in [1.82, 2.24) is 14.8 Å². The summed E-state index contributed by atoms with van der Waals surface area (Å²) in [7, 11) is 0. The highest BCUT2D eigenvalue weighted by molar-refractivity contribution is 5.72. The molecule has 0 saturated heterocycles. The molecule has 1 aromatic carbocycles. The van der Waals surface area contributed by atoms with Crippen molar-refractivity contribution in [2.75, 3.05) is 5.73 Å². The lowest BCUT2D eigenvalue weighted by Crippen LogP contribution is -2.28. The summed E-state index contributed by atoms with van der Waals surface area (Å²) in [6.45, 7) is 2.03. The SMILES string of the molecule is Cc1ccc(C2CCC(C(=O)O)n3nc(N)nc32)cc1. The van der Waals surface area contributed by atoms with Crippen LogP contribution in [-0.2, 0) is 4.79 Å². The van der Waals surface area contributed by atoms with Crippen LogP contribution in [-0.4, -0.2) is 25.8 Å². The van der Waals surface area contributed by atoms with Crippen LogP contribution in [0.3, 0.4) is 0 Å². The molecule has 0 saturated carbocycles. The number of aromatic nitrogens is 3. The van der Waals surface area contributed by atoms with Crippen LogP contribution < -0.4 is 5.73 Å². The second-order valence-electron chi connectivity index (χ2n) is 5.17. The number of benzene rings is 1. The molecule has 0 bridgehead atoms. The molecule has 0 aliphatic carbocycles. The zero-order valence-corrected chi connectivity index (χ0v) is 11.2. The summed E-state index contributed by atoms with van der Waals surface area (Å²) in [5.41, 5.74) is 7.96. The van der Waals surface area contributed by atoms with Gasteiger partial charge in [-0.05, 0) is 25.3 Å². The maximum atomic E-state index is 11.3. The molecule has 2 heterocycles. The number of aliphatic carboxylic acids is 1. The lowest BCUT2D eigenvalue weighted by molar-refractivity contribution is -0.141. The molecule has 3 N–H and O–H groups in total. The van der Waals surface area contributed by atoms with Gasteiger partial charge in [0.05, 0.1) is 0 Å². The Bertz CT molecular complexity index is 648. The monoisotopic (exact) mass is 272 g/mol. The third-order valence-electron chi connectivity index (χ3n) is 3.77. The van der Waals surface area contributed by atoms with E-state index in [0.29, 0.717) is 12.2 Å². The van der Waals surface area contributed by atoms with Crippen LogP contribution in [0.4, 0.5) is 5.95 Å². The van der Waals surface area contributed by atoms with E-state index in [1.165, 1.54) is 10.2 Å². The number of nitrogen functional groups attached to an aromatic ring is 1. The van der Waals surface area contributed by atoms with Crippen LogP contribution in [0.15, 0.2) is 24.3 Å². The summed E-state index contributed by atoms with van der Waals surface area (Å²) in [6, 6.07) is 7.52. The first-order chi connectivity index (χ1) is 9.56. The fourth-order valence-electron chi connectivity index (χ4n) is 2.74. The van der Waals surface area contributed by atoms with Gasteiger partial charge in [0.1, 0.15) is 5.82 Å². The fourth-order valence-corrected chi connectivity index (χ4v) is 2.74. The summed E-state index contributed by atoms with van der Waals surface area (Å²) >= 11 is 0. The Morgan fingerprint density at radius 2 is 2.05 bits per heavy atom. The third kappa shape index (κ3) is 2.03. The molecule has 6 nitrogen and oxygen atoms in total. The number of hydrogen-bond acceptors (Lipinski definition) is 4. The lowest BCUT2D eigenvalue weighted by atomic mass is 9.88. The molecule has 0 spiro atoms. The van der Waals surface area contributed by atoms with Gasteiger partial charge in [0, 0.05) is 5.92 Å². The molecule has 3 rings (SSSR count). The topological polar surface area (TPSA) is 94.0 Å². The van der Waals surface area contributed by atoms with Crippen molar-refractivity contribution < 1.29 is 9.90 Å². The number of hydrogen-bond donors (Lipinski definition) is 2. The van der Waals surface area contributed by atoms with E-state index in [-0.39, 0.29) is 11.9 Å². The van der Waals surface area contributed by atoms with Crippen molar-refractivity contribution in [1.29, 1.82) is 0 Å². The van der Waals surface area contributed by atoms with E-state index in [2.05, 4.69) is 22.2 Å². The average Bonchev–Trinajstić information content (AvgIpc) is 2.79. The van der Waals surface area contributed by atoms with Crippen molar-refractivity contribution in [3.8, 4) is 0 Å². The first kappa shape index (κ1) is 12.7. The molecule has 0 radical (unpaired) electrons. The van der Waals surface area contributed by atoms with Gasteiger partial charge in [-0.1, -0.05) is 29.8 Å². The van der Waals surface area contributed by atoms with Gasteiger partial charge in [-0.15, -0.1) is 5.10 Å². The molecule has 2 atom stereocenters. The molecule has 1 aliphatic rings. The number of carboxylic acid groups (broad SMARTS) is 1. The number of carbonyl (C=O) groups is 1. The van der Waals surface area contributed by atoms with Crippen LogP contribution in [0.5, 0.6) is 0 Å². The number of fused-ring (bicyclic) bond motifs is 1. The van der Waals surface area contributed by atoms with Gasteiger partial charge in [0.15, 0.2) is 6.04 Å². The van der Waals surface area contributed by atoms with Gasteiger partial charge in [0.25, 0.3) is 0 Å². The van der Waals surface area contributed by atoms with Crippen molar-refractivity contribution in [3.05, 3.63) is 41.2 Å². The summed E-state index contributed by atoms with van der Waals surface area (Å²) in [5.74, 6) is -0.0650. The van der Waals surface area contributed by atoms with Gasteiger partial charge in [-0.2, -0.15) is 4.98 Å². The van der Waals surface area contributed by atoms with Gasteiger partial charge in [-0.3, -0.25) is 0 Å². The Morgan fingerprint density at radius 1 is 1.35 bits per heavy atom. The predicted molar refractivity (Wildman–Crippen MR) is 73.4 cm³/mol. The first-order valence-corrected chi connectivity index (χ1v) is 6.57. The second kappa shape index (κ2) is 4.63. The largest absolute Gasteiger partial charge is 0.480 e. The van der Waals surface area contributed by atoms with Gasteiger partial charge in [0.2, 0.25) is 5.95 Å². The molecule has 0 fully saturated rings. The average molecular weight is 272 g/mol. The standard InChI is InChI=1S/C14H16N4O2/c1-8-2-4-9(5-3-8)10-6-7-11(13(19)20)18-12(10)16-14(15)17-18/h2-5,10-11H,6-7H2,1H3,(H2,15,17)(H,19,20). The normalized spacial score (nSPS) is 21.4. The third-order valence-corrected chi connectivity index (χ3v) is 3.77. The maximum absolute atomic E-state index is 11.3. The molecule has 2 aromatic rings. The number of anilines is 1. The van der Waals surface area contributed by atoms with Crippen LogP contribution >= 0.6 is 0 Å². The smallest absolute Gasteiger partial charge is 0.328 e. The number of nitrogens with zero attached hydrogens (tertiary/aromatic N) is 3. The van der Waals surface area contributed by atoms with Crippen LogP contribution in [0.25, 0.3) is 0 Å². The van der Waals surface area contributed by atoms with Gasteiger partial charge in [-0.25, -0.2) is 9.48 Å². The number of carboxylic acids is 1. The molecule has 20 heavy (non-hydrogen) atoms. The van der Waals surface area contributed by atoms with Crippen molar-refractivity contribution in [2.45, 2.75) is 31.7 Å². The highest BCUT2D eigenvalue weighted by atomic mass is 16.4. The zero-order chi connectivity index (χ0) is 14.3. The van der Waals surface area contributed by atoms with E-state index >= 15 is 0 Å². The molecule has 6 heteroatoms. The first-order valence-electron chi connectivity index (χ1n) is 6.57. The van der Waals surface area contributed by atoms with E-state index in [1.807, 2.05) is 19.1 Å². The Kier molecular flexibility index (Phi) is 2.93. The van der Waals surface area contributed by atoms with Crippen molar-refractivity contribution in [3.63, 3.8) is 0 Å². The van der Waals surface area contributed by atoms with Crippen LogP contribution in [0, 0.1) is 6.92 Å². The minimum absolute atomic E-state index is 0.0519. The Morgan fingerprint density at radius 3 is 2.70 bits per heavy atom. The van der Waals surface area contributed by atoms with E-state index in [4.69, 9.17) is 5.73 Å². The second-order valence-corrected chi connectivity index (χ2v) is 5.17.